The van der Waals surface area contributed by atoms with Gasteiger partial charge in [-0.1, -0.05) is 0 Å². The van der Waals surface area contributed by atoms with Gasteiger partial charge in [-0.05, 0) is 60.5 Å². The van der Waals surface area contributed by atoms with Crippen LogP contribution >= 0.6 is 15.9 Å². The lowest BCUT2D eigenvalue weighted by molar-refractivity contribution is -0.141. The van der Waals surface area contributed by atoms with E-state index < -0.39 is 0 Å². The molecule has 5 heteroatoms. The van der Waals surface area contributed by atoms with Gasteiger partial charge in [0.25, 0.3) is 0 Å². The van der Waals surface area contributed by atoms with Crippen LogP contribution in [0.15, 0.2) is 22.7 Å². The second-order valence-corrected chi connectivity index (χ2v) is 5.14. The zero-order valence-electron chi connectivity index (χ0n) is 12.1. The second kappa shape index (κ2) is 7.94. The van der Waals surface area contributed by atoms with E-state index in [1.165, 1.54) is 6.08 Å². The van der Waals surface area contributed by atoms with Crippen molar-refractivity contribution in [3.8, 4) is 11.5 Å². The minimum absolute atomic E-state index is 0.131. The topological polar surface area (TPSA) is 44.8 Å². The fourth-order valence-electron chi connectivity index (χ4n) is 1.56. The van der Waals surface area contributed by atoms with Crippen LogP contribution in [0.2, 0.25) is 0 Å². The van der Waals surface area contributed by atoms with Gasteiger partial charge in [0.2, 0.25) is 0 Å². The maximum absolute atomic E-state index is 11.5. The number of hydrogen-bond acceptors (Lipinski definition) is 4. The summed E-state index contributed by atoms with van der Waals surface area (Å²) in [6.07, 6.45) is 2.93. The van der Waals surface area contributed by atoms with Crippen LogP contribution in [0.3, 0.4) is 0 Å². The Morgan fingerprint density at radius 3 is 2.65 bits per heavy atom. The first kappa shape index (κ1) is 16.6. The van der Waals surface area contributed by atoms with Crippen LogP contribution in [0, 0.1) is 0 Å². The van der Waals surface area contributed by atoms with E-state index in [0.29, 0.717) is 18.1 Å². The van der Waals surface area contributed by atoms with Crippen LogP contribution in [0.4, 0.5) is 0 Å². The van der Waals surface area contributed by atoms with Gasteiger partial charge < -0.3 is 14.2 Å². The minimum Gasteiger partial charge on any atom is -0.493 e. The highest BCUT2D eigenvalue weighted by molar-refractivity contribution is 9.10. The molecular formula is C15H19BrO4. The fraction of sp³-hybridized carbons (Fsp3) is 0.400. The van der Waals surface area contributed by atoms with Gasteiger partial charge in [-0.15, -0.1) is 0 Å². The van der Waals surface area contributed by atoms with Gasteiger partial charge in [0.1, 0.15) is 0 Å². The Bertz CT molecular complexity index is 495. The highest BCUT2D eigenvalue weighted by Crippen LogP contribution is 2.36. The lowest BCUT2D eigenvalue weighted by atomic mass is 10.2. The molecular weight excluding hydrogens is 324 g/mol. The number of carbonyl (C=O) groups is 1. The lowest BCUT2D eigenvalue weighted by Crippen LogP contribution is -2.08. The Labute approximate surface area is 127 Å². The second-order valence-electron chi connectivity index (χ2n) is 4.29. The summed E-state index contributed by atoms with van der Waals surface area (Å²) in [6.45, 7) is 6.07. The molecule has 0 spiro atoms. The summed E-state index contributed by atoms with van der Waals surface area (Å²) in [5.41, 5.74) is 0.817. The zero-order chi connectivity index (χ0) is 15.1. The molecule has 0 unspecified atom stereocenters. The van der Waals surface area contributed by atoms with Crippen LogP contribution in [-0.4, -0.2) is 25.8 Å². The third-order valence-corrected chi connectivity index (χ3v) is 2.89. The average molecular weight is 343 g/mol. The Kier molecular flexibility index (Phi) is 6.58. The third-order valence-electron chi connectivity index (χ3n) is 2.30. The molecule has 4 nitrogen and oxygen atoms in total. The average Bonchev–Trinajstić information content (AvgIpc) is 2.38. The van der Waals surface area contributed by atoms with Crippen molar-refractivity contribution in [1.82, 2.24) is 0 Å². The van der Waals surface area contributed by atoms with E-state index in [0.717, 1.165) is 10.0 Å². The predicted molar refractivity (Wildman–Crippen MR) is 82.1 cm³/mol. The molecule has 0 saturated carbocycles. The lowest BCUT2D eigenvalue weighted by Gasteiger charge is -2.12. The first-order valence-corrected chi connectivity index (χ1v) is 7.16. The molecule has 0 aliphatic rings. The molecule has 0 aromatic heterocycles. The number of methoxy groups -OCH3 is 1. The van der Waals surface area contributed by atoms with E-state index in [9.17, 15) is 4.79 Å². The molecule has 0 heterocycles. The van der Waals surface area contributed by atoms with Crippen molar-refractivity contribution in [2.75, 3.05) is 13.7 Å². The van der Waals surface area contributed by atoms with Crippen molar-refractivity contribution in [2.24, 2.45) is 0 Å². The van der Waals surface area contributed by atoms with E-state index >= 15 is 0 Å². The van der Waals surface area contributed by atoms with Gasteiger partial charge in [0, 0.05) is 6.08 Å². The van der Waals surface area contributed by atoms with Crippen LogP contribution < -0.4 is 9.47 Å². The van der Waals surface area contributed by atoms with E-state index in [1.807, 2.05) is 26.8 Å². The van der Waals surface area contributed by atoms with E-state index in [2.05, 4.69) is 15.9 Å². The van der Waals surface area contributed by atoms with Gasteiger partial charge in [0.15, 0.2) is 11.5 Å². The Hall–Kier alpha value is -1.49. The molecule has 110 valence electrons. The first-order chi connectivity index (χ1) is 9.47. The molecule has 0 radical (unpaired) electrons. The SMILES string of the molecule is CCOc1c(Br)cc(/C=C/C(=O)OC(C)C)cc1OC. The number of ether oxygens (including phenoxy) is 3. The van der Waals surface area contributed by atoms with Gasteiger partial charge in [0.05, 0.1) is 24.3 Å². The van der Waals surface area contributed by atoms with E-state index in [4.69, 9.17) is 14.2 Å². The quantitative estimate of drug-likeness (QED) is 0.582. The summed E-state index contributed by atoms with van der Waals surface area (Å²) in [5, 5.41) is 0. The van der Waals surface area contributed by atoms with Gasteiger partial charge in [-0.25, -0.2) is 4.79 Å². The van der Waals surface area contributed by atoms with E-state index in [-0.39, 0.29) is 12.1 Å². The Morgan fingerprint density at radius 1 is 1.40 bits per heavy atom. The summed E-state index contributed by atoms with van der Waals surface area (Å²) in [4.78, 5) is 11.5. The Morgan fingerprint density at radius 2 is 2.10 bits per heavy atom. The fourth-order valence-corrected chi connectivity index (χ4v) is 2.13. The normalized spacial score (nSPS) is 10.9. The van der Waals surface area contributed by atoms with Crippen molar-refractivity contribution in [1.29, 1.82) is 0 Å². The van der Waals surface area contributed by atoms with Crippen molar-refractivity contribution >= 4 is 28.0 Å². The molecule has 1 aromatic rings. The number of hydrogen-bond donors (Lipinski definition) is 0. The van der Waals surface area contributed by atoms with Crippen LogP contribution in [0.25, 0.3) is 6.08 Å². The minimum atomic E-state index is -0.371. The maximum Gasteiger partial charge on any atom is 0.331 e. The van der Waals surface area contributed by atoms with Crippen molar-refractivity contribution in [3.63, 3.8) is 0 Å². The molecule has 1 aromatic carbocycles. The van der Waals surface area contributed by atoms with Gasteiger partial charge >= 0.3 is 5.97 Å². The summed E-state index contributed by atoms with van der Waals surface area (Å²) < 4.78 is 16.6. The summed E-state index contributed by atoms with van der Waals surface area (Å²) in [7, 11) is 1.57. The molecule has 0 atom stereocenters. The molecule has 0 aliphatic heterocycles. The number of carbonyl (C=O) groups excluding carboxylic acids is 1. The van der Waals surface area contributed by atoms with Gasteiger partial charge in [-0.3, -0.25) is 0 Å². The number of benzene rings is 1. The molecule has 0 amide bonds. The van der Waals surface area contributed by atoms with Crippen LogP contribution in [-0.2, 0) is 9.53 Å². The van der Waals surface area contributed by atoms with Crippen molar-refractivity contribution in [2.45, 2.75) is 26.9 Å². The Balaban J connectivity index is 2.94. The zero-order valence-corrected chi connectivity index (χ0v) is 13.7. The highest BCUT2D eigenvalue weighted by atomic mass is 79.9. The largest absolute Gasteiger partial charge is 0.493 e. The maximum atomic E-state index is 11.5. The van der Waals surface area contributed by atoms with Crippen molar-refractivity contribution in [3.05, 3.63) is 28.2 Å². The molecule has 0 saturated heterocycles. The molecule has 0 bridgehead atoms. The first-order valence-electron chi connectivity index (χ1n) is 6.37. The van der Waals surface area contributed by atoms with Crippen LogP contribution in [0.5, 0.6) is 11.5 Å². The molecule has 0 N–H and O–H groups in total. The number of halogens is 1. The number of esters is 1. The summed E-state index contributed by atoms with van der Waals surface area (Å²) in [6, 6.07) is 3.65. The number of rotatable bonds is 6. The monoisotopic (exact) mass is 342 g/mol. The smallest absolute Gasteiger partial charge is 0.331 e. The third kappa shape index (κ3) is 4.89. The standard InChI is InChI=1S/C15H19BrO4/c1-5-19-15-12(16)8-11(9-13(15)18-4)6-7-14(17)20-10(2)3/h6-10H,5H2,1-4H3/b7-6+. The van der Waals surface area contributed by atoms with Crippen LogP contribution in [0.1, 0.15) is 26.3 Å². The van der Waals surface area contributed by atoms with Gasteiger partial charge in [-0.2, -0.15) is 0 Å². The summed E-state index contributed by atoms with van der Waals surface area (Å²) in [5.74, 6) is 0.888. The highest BCUT2D eigenvalue weighted by Gasteiger charge is 2.10. The molecule has 0 fully saturated rings. The molecule has 1 rings (SSSR count). The van der Waals surface area contributed by atoms with Crippen molar-refractivity contribution < 1.29 is 19.0 Å². The molecule has 20 heavy (non-hydrogen) atoms. The molecule has 0 aliphatic carbocycles. The van der Waals surface area contributed by atoms with E-state index in [1.54, 1.807) is 19.3 Å². The summed E-state index contributed by atoms with van der Waals surface area (Å²) >= 11 is 3.43. The predicted octanol–water partition coefficient (Wildman–Crippen LogP) is 3.82.